The average Bonchev–Trinajstić information content (AvgIpc) is 3.02. The summed E-state index contributed by atoms with van der Waals surface area (Å²) in [6, 6.07) is 46.6. The summed E-state index contributed by atoms with van der Waals surface area (Å²) in [4.78, 5) is 16.4. The molecular formula is C32H26IrN4-2. The van der Waals surface area contributed by atoms with Crippen molar-refractivity contribution in [2.24, 2.45) is 0 Å². The van der Waals surface area contributed by atoms with Gasteiger partial charge in [0.05, 0.1) is 11.4 Å². The minimum Gasteiger partial charge on any atom is -0.305 e. The van der Waals surface area contributed by atoms with Gasteiger partial charge in [0, 0.05) is 51.1 Å². The van der Waals surface area contributed by atoms with Crippen LogP contribution in [-0.4, -0.2) is 19.9 Å². The van der Waals surface area contributed by atoms with Gasteiger partial charge >= 0.3 is 0 Å². The van der Waals surface area contributed by atoms with E-state index < -0.39 is 0 Å². The smallest absolute Gasteiger partial charge is 0.0886 e. The third-order valence-electron chi connectivity index (χ3n) is 4.42. The molecule has 0 atom stereocenters. The molecule has 4 nitrogen and oxygen atoms in total. The fourth-order valence-corrected chi connectivity index (χ4v) is 2.76. The van der Waals surface area contributed by atoms with E-state index in [4.69, 9.17) is 0 Å². The quantitative estimate of drug-likeness (QED) is 0.184. The van der Waals surface area contributed by atoms with E-state index in [9.17, 15) is 0 Å². The Kier molecular flexibility index (Phi) is 14.8. The first-order valence-electron chi connectivity index (χ1n) is 11.4. The summed E-state index contributed by atoms with van der Waals surface area (Å²) in [5, 5.41) is 0. The topological polar surface area (TPSA) is 51.6 Å². The molecule has 4 heterocycles. The van der Waals surface area contributed by atoms with Crippen molar-refractivity contribution in [3.05, 3.63) is 171 Å². The molecule has 0 aliphatic carbocycles. The van der Waals surface area contributed by atoms with Crippen LogP contribution < -0.4 is 0 Å². The van der Waals surface area contributed by atoms with Crippen molar-refractivity contribution in [1.82, 2.24) is 19.9 Å². The van der Waals surface area contributed by atoms with E-state index in [1.165, 1.54) is 0 Å². The Morgan fingerprint density at radius 2 is 0.865 bits per heavy atom. The number of hydrogen-bond acceptors (Lipinski definition) is 4. The molecule has 0 N–H and O–H groups in total. The third kappa shape index (κ3) is 12.3. The van der Waals surface area contributed by atoms with Crippen LogP contribution in [0.3, 0.4) is 0 Å². The molecule has 0 aliphatic rings. The monoisotopic (exact) mass is 659 g/mol. The molecule has 185 valence electrons. The zero-order valence-corrected chi connectivity index (χ0v) is 22.5. The van der Waals surface area contributed by atoms with Crippen LogP contribution in [0.15, 0.2) is 158 Å². The predicted octanol–water partition coefficient (Wildman–Crippen LogP) is 7.26. The maximum Gasteiger partial charge on any atom is 0.0886 e. The summed E-state index contributed by atoms with van der Waals surface area (Å²) in [5.41, 5.74) is 3.84. The normalized spacial score (nSPS) is 8.86. The van der Waals surface area contributed by atoms with Crippen LogP contribution in [0.4, 0.5) is 0 Å². The van der Waals surface area contributed by atoms with Gasteiger partial charge in [-0.25, -0.2) is 0 Å². The Morgan fingerprint density at radius 3 is 1.19 bits per heavy atom. The van der Waals surface area contributed by atoms with Gasteiger partial charge in [0.15, 0.2) is 0 Å². The maximum atomic E-state index is 4.22. The van der Waals surface area contributed by atoms with Gasteiger partial charge < -0.3 is 4.98 Å². The molecule has 0 saturated heterocycles. The van der Waals surface area contributed by atoms with Crippen molar-refractivity contribution < 1.29 is 20.1 Å². The molecule has 6 rings (SSSR count). The van der Waals surface area contributed by atoms with Crippen LogP contribution in [-0.2, 0) is 20.1 Å². The van der Waals surface area contributed by atoms with Crippen LogP contribution in [0, 0.1) is 12.1 Å². The van der Waals surface area contributed by atoms with Gasteiger partial charge in [-0.3, -0.25) is 15.0 Å². The summed E-state index contributed by atoms with van der Waals surface area (Å²) >= 11 is 0. The zero-order chi connectivity index (χ0) is 24.9. The van der Waals surface area contributed by atoms with Crippen LogP contribution in [0.2, 0.25) is 0 Å². The first-order chi connectivity index (χ1) is 17.9. The van der Waals surface area contributed by atoms with E-state index in [0.717, 1.165) is 22.6 Å². The Balaban J connectivity index is 0.000000181. The Bertz CT molecular complexity index is 1060. The summed E-state index contributed by atoms with van der Waals surface area (Å²) in [6.07, 6.45) is 8.82. The van der Waals surface area contributed by atoms with Gasteiger partial charge in [-0.05, 0) is 48.2 Å². The van der Waals surface area contributed by atoms with Crippen molar-refractivity contribution in [2.45, 2.75) is 0 Å². The molecule has 0 spiro atoms. The number of nitrogens with zero attached hydrogens (tertiary/aromatic N) is 4. The van der Waals surface area contributed by atoms with Crippen molar-refractivity contribution >= 4 is 0 Å². The van der Waals surface area contributed by atoms with Crippen LogP contribution >= 0.6 is 0 Å². The molecule has 37 heavy (non-hydrogen) atoms. The predicted molar refractivity (Wildman–Crippen MR) is 145 cm³/mol. The maximum absolute atomic E-state index is 4.22. The van der Waals surface area contributed by atoms with Gasteiger partial charge in [0.1, 0.15) is 0 Å². The molecule has 2 aromatic carbocycles. The third-order valence-corrected chi connectivity index (χ3v) is 4.42. The molecule has 0 saturated carbocycles. The fraction of sp³-hybridized carbons (Fsp3) is 0. The molecule has 1 radical (unpaired) electrons. The van der Waals surface area contributed by atoms with Crippen molar-refractivity contribution in [3.63, 3.8) is 0 Å². The van der Waals surface area contributed by atoms with Crippen molar-refractivity contribution in [1.29, 1.82) is 0 Å². The number of pyridine rings is 4. The molecule has 0 bridgehead atoms. The number of aromatic nitrogens is 4. The number of rotatable bonds is 2. The summed E-state index contributed by atoms with van der Waals surface area (Å²) in [7, 11) is 0. The molecule has 0 amide bonds. The van der Waals surface area contributed by atoms with E-state index in [1.54, 1.807) is 31.0 Å². The number of hydrogen-bond donors (Lipinski definition) is 0. The molecule has 0 fully saturated rings. The Labute approximate surface area is 232 Å². The van der Waals surface area contributed by atoms with Gasteiger partial charge in [0.2, 0.25) is 0 Å². The SMILES string of the molecule is [Ir].[c-]1ccccc1.[c-]1ccccc1-c1ccccn1.c1ccc(-c2ccccn2)nc1.c1ccncc1. The Hall–Kier alpha value is -4.31. The van der Waals surface area contributed by atoms with E-state index in [0.29, 0.717) is 0 Å². The molecule has 0 aliphatic heterocycles. The molecule has 4 aromatic heterocycles. The van der Waals surface area contributed by atoms with E-state index in [2.05, 4.69) is 32.1 Å². The summed E-state index contributed by atoms with van der Waals surface area (Å²) < 4.78 is 0. The molecule has 6 aromatic rings. The van der Waals surface area contributed by atoms with Gasteiger partial charge in [-0.1, -0.05) is 30.3 Å². The number of benzene rings is 2. The van der Waals surface area contributed by atoms with Gasteiger partial charge in [0.25, 0.3) is 0 Å². The van der Waals surface area contributed by atoms with E-state index in [-0.39, 0.29) is 20.1 Å². The van der Waals surface area contributed by atoms with Crippen LogP contribution in [0.25, 0.3) is 22.6 Å². The Morgan fingerprint density at radius 1 is 0.405 bits per heavy atom. The van der Waals surface area contributed by atoms with Crippen LogP contribution in [0.1, 0.15) is 0 Å². The van der Waals surface area contributed by atoms with Crippen molar-refractivity contribution in [2.75, 3.05) is 0 Å². The van der Waals surface area contributed by atoms with E-state index in [1.807, 2.05) is 127 Å². The first kappa shape index (κ1) is 28.9. The fourth-order valence-electron chi connectivity index (χ4n) is 2.76. The van der Waals surface area contributed by atoms with Gasteiger partial charge in [-0.15, -0.1) is 35.9 Å². The first-order valence-corrected chi connectivity index (χ1v) is 11.4. The minimum absolute atomic E-state index is 0. The molecule has 5 heteroatoms. The van der Waals surface area contributed by atoms with E-state index >= 15 is 0 Å². The van der Waals surface area contributed by atoms with Crippen molar-refractivity contribution in [3.8, 4) is 22.6 Å². The second-order valence-electron chi connectivity index (χ2n) is 7.02. The average molecular weight is 659 g/mol. The van der Waals surface area contributed by atoms with Gasteiger partial charge in [-0.2, -0.15) is 36.4 Å². The summed E-state index contributed by atoms with van der Waals surface area (Å²) in [6.45, 7) is 0. The standard InChI is InChI=1S/C11H8N.C10H8N2.C6H5.C5H5N.Ir/c1-2-6-10(7-3-1)11-8-4-5-9-12-11;1-3-7-11-9(5-1)10-6-2-4-8-12-10;2*1-2-4-6-5-3-1;/h1-6,8-9H;1-8H;2*1-5H;/q-1;;-1;;. The second-order valence-corrected chi connectivity index (χ2v) is 7.02. The largest absolute Gasteiger partial charge is 0.305 e. The second kappa shape index (κ2) is 18.9. The van der Waals surface area contributed by atoms with Crippen LogP contribution in [0.5, 0.6) is 0 Å². The summed E-state index contributed by atoms with van der Waals surface area (Å²) in [5.74, 6) is 0. The molecular weight excluding hydrogens is 633 g/mol. The molecule has 0 unspecified atom stereocenters. The minimum atomic E-state index is 0. The zero-order valence-electron chi connectivity index (χ0n) is 20.1.